The molecule has 0 fully saturated rings. The van der Waals surface area contributed by atoms with Crippen LogP contribution in [0.2, 0.25) is 0 Å². The van der Waals surface area contributed by atoms with Gasteiger partial charge < -0.3 is 14.8 Å². The number of carbonyl (C=O) groups is 2. The molecule has 1 N–H and O–H groups in total. The fraction of sp³-hybridized carbons (Fsp3) is 0.500. The van der Waals surface area contributed by atoms with Crippen molar-refractivity contribution in [1.29, 1.82) is 0 Å². The highest BCUT2D eigenvalue weighted by Gasteiger charge is 2.28. The lowest BCUT2D eigenvalue weighted by atomic mass is 10.1. The maximum absolute atomic E-state index is 12.8. The molecule has 7 heteroatoms. The largest absolute Gasteiger partial charge is 0.345 e. The molecule has 0 saturated heterocycles. The second-order valence-electron chi connectivity index (χ2n) is 6.96. The van der Waals surface area contributed by atoms with Crippen LogP contribution in [0.25, 0.3) is 0 Å². The number of nitrogens with zero attached hydrogens (tertiary/aromatic N) is 4. The Bertz CT molecular complexity index is 800. The van der Waals surface area contributed by atoms with Gasteiger partial charge in [-0.15, -0.1) is 0 Å². The van der Waals surface area contributed by atoms with Crippen molar-refractivity contribution in [3.05, 3.63) is 47.3 Å². The maximum Gasteiger partial charge on any atom is 0.287 e. The standard InChI is InChI=1S/C20H27N5O2/c1-3-4-12-24(2)20(27)17-16-7-5-6-13-25(16)18(23-17)19(26)22-14-15-8-10-21-11-9-15/h8-11H,3-7,12-14H2,1-2H3,(H,22,26). The van der Waals surface area contributed by atoms with Crippen LogP contribution in [0.1, 0.15) is 65.0 Å². The second kappa shape index (κ2) is 8.79. The zero-order valence-electron chi connectivity index (χ0n) is 16.1. The molecule has 0 saturated carbocycles. The first kappa shape index (κ1) is 19.1. The Kier molecular flexibility index (Phi) is 6.21. The van der Waals surface area contributed by atoms with Crippen molar-refractivity contribution in [3.63, 3.8) is 0 Å². The monoisotopic (exact) mass is 369 g/mol. The first-order valence-corrected chi connectivity index (χ1v) is 9.63. The number of carbonyl (C=O) groups excluding carboxylic acids is 2. The number of nitrogens with one attached hydrogen (secondary N) is 1. The molecule has 0 unspecified atom stereocenters. The number of pyridine rings is 1. The van der Waals surface area contributed by atoms with E-state index in [1.165, 1.54) is 0 Å². The Morgan fingerprint density at radius 1 is 1.26 bits per heavy atom. The van der Waals surface area contributed by atoms with Crippen molar-refractivity contribution in [3.8, 4) is 0 Å². The summed E-state index contributed by atoms with van der Waals surface area (Å²) in [7, 11) is 1.80. The van der Waals surface area contributed by atoms with E-state index in [4.69, 9.17) is 0 Å². The Morgan fingerprint density at radius 2 is 2.04 bits per heavy atom. The van der Waals surface area contributed by atoms with Gasteiger partial charge in [0.05, 0.1) is 5.69 Å². The summed E-state index contributed by atoms with van der Waals surface area (Å²) in [5.41, 5.74) is 2.30. The second-order valence-corrected chi connectivity index (χ2v) is 6.96. The highest BCUT2D eigenvalue weighted by Crippen LogP contribution is 2.22. The van der Waals surface area contributed by atoms with Gasteiger partial charge in [-0.3, -0.25) is 14.6 Å². The molecule has 3 heterocycles. The topological polar surface area (TPSA) is 80.1 Å². The Balaban J connectivity index is 1.80. The molecule has 144 valence electrons. The van der Waals surface area contributed by atoms with Crippen LogP contribution in [0.5, 0.6) is 0 Å². The summed E-state index contributed by atoms with van der Waals surface area (Å²) in [5, 5.41) is 2.91. The van der Waals surface area contributed by atoms with Gasteiger partial charge in [0.2, 0.25) is 0 Å². The summed E-state index contributed by atoms with van der Waals surface area (Å²) in [5.74, 6) is -0.00138. The quantitative estimate of drug-likeness (QED) is 0.813. The van der Waals surface area contributed by atoms with Gasteiger partial charge in [0.25, 0.3) is 11.8 Å². The van der Waals surface area contributed by atoms with Crippen LogP contribution in [0.3, 0.4) is 0 Å². The Hall–Kier alpha value is -2.70. The van der Waals surface area contributed by atoms with Crippen LogP contribution in [0, 0.1) is 0 Å². The molecule has 2 amide bonds. The van der Waals surface area contributed by atoms with E-state index in [1.54, 1.807) is 24.3 Å². The molecule has 7 nitrogen and oxygen atoms in total. The van der Waals surface area contributed by atoms with E-state index >= 15 is 0 Å². The van der Waals surface area contributed by atoms with Crippen molar-refractivity contribution < 1.29 is 9.59 Å². The number of amides is 2. The third-order valence-electron chi connectivity index (χ3n) is 4.92. The first-order valence-electron chi connectivity index (χ1n) is 9.63. The summed E-state index contributed by atoms with van der Waals surface area (Å²) in [4.78, 5) is 35.7. The number of imidazole rings is 1. The van der Waals surface area contributed by atoms with E-state index in [1.807, 2.05) is 16.7 Å². The minimum Gasteiger partial charge on any atom is -0.345 e. The molecule has 3 rings (SSSR count). The maximum atomic E-state index is 12.8. The fourth-order valence-corrected chi connectivity index (χ4v) is 3.33. The average molecular weight is 369 g/mol. The molecule has 0 aliphatic carbocycles. The molecular weight excluding hydrogens is 342 g/mol. The van der Waals surface area contributed by atoms with Crippen molar-refractivity contribution in [2.75, 3.05) is 13.6 Å². The zero-order chi connectivity index (χ0) is 19.2. The third kappa shape index (κ3) is 4.35. The van der Waals surface area contributed by atoms with Crippen molar-refractivity contribution in [1.82, 2.24) is 24.8 Å². The van der Waals surface area contributed by atoms with E-state index in [0.29, 0.717) is 24.6 Å². The van der Waals surface area contributed by atoms with Crippen molar-refractivity contribution >= 4 is 11.8 Å². The summed E-state index contributed by atoms with van der Waals surface area (Å²) in [6.07, 6.45) is 8.17. The number of rotatable bonds is 7. The summed E-state index contributed by atoms with van der Waals surface area (Å²) >= 11 is 0. The third-order valence-corrected chi connectivity index (χ3v) is 4.92. The normalized spacial score (nSPS) is 13.1. The molecule has 2 aromatic heterocycles. The van der Waals surface area contributed by atoms with Gasteiger partial charge >= 0.3 is 0 Å². The lowest BCUT2D eigenvalue weighted by Crippen LogP contribution is -2.29. The van der Waals surface area contributed by atoms with Crippen LogP contribution in [0.15, 0.2) is 24.5 Å². The number of aromatic nitrogens is 3. The molecule has 1 aliphatic rings. The van der Waals surface area contributed by atoms with Crippen LogP contribution in [-0.4, -0.2) is 44.8 Å². The number of unbranched alkanes of at least 4 members (excludes halogenated alkanes) is 1. The molecule has 0 spiro atoms. The van der Waals surface area contributed by atoms with Gasteiger partial charge in [0, 0.05) is 39.1 Å². The van der Waals surface area contributed by atoms with Gasteiger partial charge in [0.15, 0.2) is 5.82 Å². The fourth-order valence-electron chi connectivity index (χ4n) is 3.33. The van der Waals surface area contributed by atoms with Crippen LogP contribution < -0.4 is 5.32 Å². The predicted molar refractivity (Wildman–Crippen MR) is 102 cm³/mol. The van der Waals surface area contributed by atoms with Gasteiger partial charge in [-0.1, -0.05) is 13.3 Å². The van der Waals surface area contributed by atoms with Crippen LogP contribution in [-0.2, 0) is 19.5 Å². The van der Waals surface area contributed by atoms with Gasteiger partial charge in [-0.25, -0.2) is 4.98 Å². The number of hydrogen-bond donors (Lipinski definition) is 1. The molecule has 27 heavy (non-hydrogen) atoms. The van der Waals surface area contributed by atoms with Crippen molar-refractivity contribution in [2.24, 2.45) is 0 Å². The van der Waals surface area contributed by atoms with E-state index in [-0.39, 0.29) is 11.8 Å². The average Bonchev–Trinajstić information content (AvgIpc) is 3.10. The molecule has 2 aromatic rings. The molecule has 1 aliphatic heterocycles. The number of hydrogen-bond acceptors (Lipinski definition) is 4. The number of fused-ring (bicyclic) bond motifs is 1. The smallest absolute Gasteiger partial charge is 0.287 e. The molecule has 0 aromatic carbocycles. The van der Waals surface area contributed by atoms with Crippen LogP contribution >= 0.6 is 0 Å². The van der Waals surface area contributed by atoms with Gasteiger partial charge in [0.1, 0.15) is 5.69 Å². The van der Waals surface area contributed by atoms with E-state index in [9.17, 15) is 9.59 Å². The van der Waals surface area contributed by atoms with Crippen molar-refractivity contribution in [2.45, 2.75) is 52.1 Å². The van der Waals surface area contributed by atoms with E-state index in [0.717, 1.165) is 49.9 Å². The summed E-state index contributed by atoms with van der Waals surface area (Å²) < 4.78 is 1.92. The first-order chi connectivity index (χ1) is 13.1. The van der Waals surface area contributed by atoms with E-state index < -0.39 is 0 Å². The highest BCUT2D eigenvalue weighted by molar-refractivity contribution is 5.97. The summed E-state index contributed by atoms with van der Waals surface area (Å²) in [6, 6.07) is 3.72. The molecule has 0 atom stereocenters. The molecular formula is C20H27N5O2. The predicted octanol–water partition coefficient (Wildman–Crippen LogP) is 2.42. The zero-order valence-corrected chi connectivity index (χ0v) is 16.1. The lowest BCUT2D eigenvalue weighted by molar-refractivity contribution is 0.0786. The Morgan fingerprint density at radius 3 is 2.78 bits per heavy atom. The molecule has 0 radical (unpaired) electrons. The SMILES string of the molecule is CCCCN(C)C(=O)c1nc(C(=O)NCc2ccncc2)n2c1CCCC2. The lowest BCUT2D eigenvalue weighted by Gasteiger charge is -2.19. The minimum absolute atomic E-state index is 0.0951. The van der Waals surface area contributed by atoms with Gasteiger partial charge in [-0.05, 0) is 43.4 Å². The molecule has 0 bridgehead atoms. The minimum atomic E-state index is -0.245. The van der Waals surface area contributed by atoms with Gasteiger partial charge in [-0.2, -0.15) is 0 Å². The Labute approximate surface area is 159 Å². The highest BCUT2D eigenvalue weighted by atomic mass is 16.2. The van der Waals surface area contributed by atoms with Crippen LogP contribution in [0.4, 0.5) is 0 Å². The van der Waals surface area contributed by atoms with E-state index in [2.05, 4.69) is 22.2 Å². The summed E-state index contributed by atoms with van der Waals surface area (Å²) in [6.45, 7) is 3.93.